The number of ether oxygens (including phenoxy) is 1. The van der Waals surface area contributed by atoms with Gasteiger partial charge in [-0.15, -0.1) is 0 Å². The van der Waals surface area contributed by atoms with Crippen molar-refractivity contribution in [2.45, 2.75) is 322 Å². The number of unbranched alkanes of at least 4 members (excludes halogenated alkanes) is 34. The van der Waals surface area contributed by atoms with Crippen LogP contribution >= 0.6 is 0 Å². The first-order valence-corrected chi connectivity index (χ1v) is 28.7. The monoisotopic (exact) mass is 914 g/mol. The highest BCUT2D eigenvalue weighted by atomic mass is 16.5. The van der Waals surface area contributed by atoms with Gasteiger partial charge in [0, 0.05) is 6.42 Å². The summed E-state index contributed by atoms with van der Waals surface area (Å²) in [6.07, 6.45) is 63.5. The Hall–Kier alpha value is -1.92. The summed E-state index contributed by atoms with van der Waals surface area (Å²) >= 11 is 0. The minimum Gasteiger partial charge on any atom is -0.462 e. The van der Waals surface area contributed by atoms with E-state index in [0.29, 0.717) is 19.3 Å². The highest BCUT2D eigenvalue weighted by molar-refractivity contribution is 5.77. The van der Waals surface area contributed by atoms with Crippen molar-refractivity contribution >= 4 is 11.9 Å². The number of rotatable bonds is 52. The van der Waals surface area contributed by atoms with Crippen LogP contribution in [0.25, 0.3) is 0 Å². The minimum atomic E-state index is -0.790. The van der Waals surface area contributed by atoms with E-state index in [1.807, 2.05) is 0 Å². The lowest BCUT2D eigenvalue weighted by Crippen LogP contribution is -2.46. The van der Waals surface area contributed by atoms with E-state index in [1.54, 1.807) is 0 Å². The molecule has 0 saturated carbocycles. The molecule has 6 nitrogen and oxygen atoms in total. The Morgan fingerprint density at radius 3 is 1.26 bits per heavy atom. The summed E-state index contributed by atoms with van der Waals surface area (Å²) in [5, 5.41) is 23.9. The fraction of sp³-hybridized carbons (Fsp3) is 0.864. The summed E-state index contributed by atoms with van der Waals surface area (Å²) in [6.45, 7) is 6.41. The molecule has 0 aliphatic heterocycles. The van der Waals surface area contributed by atoms with Gasteiger partial charge in [-0.3, -0.25) is 9.59 Å². The Morgan fingerprint density at radius 2 is 0.831 bits per heavy atom. The number of hydrogen-bond donors (Lipinski definition) is 3. The maximum absolute atomic E-state index is 13.3. The second kappa shape index (κ2) is 53.0. The average Bonchev–Trinajstić information content (AvgIpc) is 3.30. The van der Waals surface area contributed by atoms with Gasteiger partial charge in [0.1, 0.15) is 6.10 Å². The number of amides is 1. The molecule has 0 radical (unpaired) electrons. The van der Waals surface area contributed by atoms with Crippen LogP contribution in [0.15, 0.2) is 36.5 Å². The summed E-state index contributed by atoms with van der Waals surface area (Å²) in [4.78, 5) is 26.2. The fourth-order valence-corrected chi connectivity index (χ4v) is 8.92. The second-order valence-corrected chi connectivity index (χ2v) is 19.7. The third-order valence-electron chi connectivity index (χ3n) is 13.2. The van der Waals surface area contributed by atoms with E-state index in [4.69, 9.17) is 4.74 Å². The molecule has 0 aromatic rings. The van der Waals surface area contributed by atoms with Crippen molar-refractivity contribution in [1.82, 2.24) is 5.32 Å². The molecule has 0 bridgehead atoms. The van der Waals surface area contributed by atoms with E-state index in [-0.39, 0.29) is 24.9 Å². The quantitative estimate of drug-likeness (QED) is 0.0321. The number of allylic oxidation sites excluding steroid dienone is 6. The summed E-state index contributed by atoms with van der Waals surface area (Å²) in [5.74, 6) is -0.483. The maximum atomic E-state index is 13.3. The Morgan fingerprint density at radius 1 is 0.462 bits per heavy atom. The molecule has 65 heavy (non-hydrogen) atoms. The molecule has 0 fully saturated rings. The highest BCUT2D eigenvalue weighted by Gasteiger charge is 2.24. The molecule has 382 valence electrons. The first kappa shape index (κ1) is 63.1. The molecule has 3 N–H and O–H groups in total. The summed E-state index contributed by atoms with van der Waals surface area (Å²) in [5.41, 5.74) is 0. The number of aliphatic hydroxyl groups excluding tert-OH is 2. The molecule has 0 saturated heterocycles. The van der Waals surface area contributed by atoms with E-state index >= 15 is 0 Å². The molecule has 1 amide bonds. The van der Waals surface area contributed by atoms with Gasteiger partial charge in [0.2, 0.25) is 5.91 Å². The van der Waals surface area contributed by atoms with Crippen LogP contribution in [-0.2, 0) is 14.3 Å². The number of nitrogens with one attached hydrogen (secondary N) is 1. The predicted octanol–water partition coefficient (Wildman–Crippen LogP) is 17.6. The Kier molecular flexibility index (Phi) is 51.5. The van der Waals surface area contributed by atoms with Gasteiger partial charge >= 0.3 is 5.97 Å². The van der Waals surface area contributed by atoms with Crippen molar-refractivity contribution in [3.63, 3.8) is 0 Å². The maximum Gasteiger partial charge on any atom is 0.306 e. The molecule has 3 unspecified atom stereocenters. The smallest absolute Gasteiger partial charge is 0.306 e. The number of carbonyl (C=O) groups is 2. The van der Waals surface area contributed by atoms with Crippen molar-refractivity contribution in [1.29, 1.82) is 0 Å². The lowest BCUT2D eigenvalue weighted by atomic mass is 10.0. The molecular weight excluding hydrogens is 803 g/mol. The van der Waals surface area contributed by atoms with Crippen LogP contribution in [0.2, 0.25) is 0 Å². The molecule has 3 atom stereocenters. The zero-order valence-corrected chi connectivity index (χ0v) is 43.6. The van der Waals surface area contributed by atoms with Gasteiger partial charge in [-0.05, 0) is 57.8 Å². The van der Waals surface area contributed by atoms with Gasteiger partial charge in [0.15, 0.2) is 0 Å². The van der Waals surface area contributed by atoms with Crippen LogP contribution in [0.4, 0.5) is 0 Å². The molecule has 0 heterocycles. The first-order chi connectivity index (χ1) is 32.0. The Bertz CT molecular complexity index is 1070. The molecule has 0 aromatic heterocycles. The molecule has 0 rings (SSSR count). The first-order valence-electron chi connectivity index (χ1n) is 28.7. The Labute approximate surface area is 404 Å². The van der Waals surface area contributed by atoms with Gasteiger partial charge < -0.3 is 20.3 Å². The van der Waals surface area contributed by atoms with Crippen molar-refractivity contribution in [3.8, 4) is 0 Å². The molecule has 0 aliphatic rings. The zero-order valence-electron chi connectivity index (χ0n) is 43.6. The zero-order chi connectivity index (χ0) is 47.4. The number of esters is 1. The van der Waals surface area contributed by atoms with Gasteiger partial charge in [-0.1, -0.05) is 269 Å². The van der Waals surface area contributed by atoms with Crippen LogP contribution in [0.5, 0.6) is 0 Å². The normalized spacial score (nSPS) is 13.4. The number of carbonyl (C=O) groups excluding carboxylic acids is 2. The lowest BCUT2D eigenvalue weighted by Gasteiger charge is -2.24. The van der Waals surface area contributed by atoms with Crippen molar-refractivity contribution in [2.24, 2.45) is 0 Å². The Balaban J connectivity index is 4.52. The third kappa shape index (κ3) is 48.3. The lowest BCUT2D eigenvalue weighted by molar-refractivity contribution is -0.151. The van der Waals surface area contributed by atoms with Gasteiger partial charge in [-0.2, -0.15) is 0 Å². The summed E-state index contributed by atoms with van der Waals surface area (Å²) in [7, 11) is 0. The minimum absolute atomic E-state index is 0.0731. The van der Waals surface area contributed by atoms with Crippen LogP contribution in [0.3, 0.4) is 0 Å². The molecule has 6 heteroatoms. The molecule has 0 spiro atoms. The molecule has 0 aromatic carbocycles. The number of hydrogen-bond acceptors (Lipinski definition) is 5. The van der Waals surface area contributed by atoms with Crippen LogP contribution in [0.1, 0.15) is 303 Å². The van der Waals surface area contributed by atoms with Crippen molar-refractivity contribution in [2.75, 3.05) is 6.61 Å². The van der Waals surface area contributed by atoms with Crippen LogP contribution < -0.4 is 5.32 Å². The van der Waals surface area contributed by atoms with Crippen molar-refractivity contribution in [3.05, 3.63) is 36.5 Å². The van der Waals surface area contributed by atoms with E-state index in [9.17, 15) is 19.8 Å². The SMILES string of the molecule is CC/C=C/C/C=C/C/C=C/CCCCCCC(=O)OC(CCCCCCCCCCCCCCCCC)CC(=O)NC(CO)C(O)CCCCCCCCCCCCCCCCCCC. The average molecular weight is 915 g/mol. The van der Waals surface area contributed by atoms with E-state index in [0.717, 1.165) is 77.0 Å². The highest BCUT2D eigenvalue weighted by Crippen LogP contribution is 2.19. The van der Waals surface area contributed by atoms with E-state index < -0.39 is 18.2 Å². The van der Waals surface area contributed by atoms with E-state index in [2.05, 4.69) is 62.5 Å². The summed E-state index contributed by atoms with van der Waals surface area (Å²) < 4.78 is 5.95. The summed E-state index contributed by atoms with van der Waals surface area (Å²) in [6, 6.07) is -0.704. The van der Waals surface area contributed by atoms with Gasteiger partial charge in [-0.25, -0.2) is 0 Å². The van der Waals surface area contributed by atoms with Gasteiger partial charge in [0.25, 0.3) is 0 Å². The van der Waals surface area contributed by atoms with Crippen LogP contribution in [0, 0.1) is 0 Å². The predicted molar refractivity (Wildman–Crippen MR) is 282 cm³/mol. The number of aliphatic hydroxyl groups is 2. The van der Waals surface area contributed by atoms with Gasteiger partial charge in [0.05, 0.1) is 25.2 Å². The standard InChI is InChI=1S/C59H111NO5/c1-4-7-10-13-16-19-22-25-28-29-31-33-36-39-42-45-48-51-57(62)56(54-61)60-58(63)53-55(50-47-44-41-38-35-32-30-26-23-20-17-14-11-8-5-2)65-59(64)52-49-46-43-40-37-34-27-24-21-18-15-12-9-6-3/h9,12,18,21,27,34,55-57,61-62H,4-8,10-11,13-17,19-20,22-26,28-33,35-54H2,1-3H3,(H,60,63)/b12-9+,21-18+,34-27+. The van der Waals surface area contributed by atoms with E-state index in [1.165, 1.54) is 180 Å². The van der Waals surface area contributed by atoms with Crippen molar-refractivity contribution < 1.29 is 24.5 Å². The molecular formula is C59H111NO5. The fourth-order valence-electron chi connectivity index (χ4n) is 8.92. The van der Waals surface area contributed by atoms with Crippen LogP contribution in [-0.4, -0.2) is 46.9 Å². The molecule has 0 aliphatic carbocycles. The second-order valence-electron chi connectivity index (χ2n) is 19.7. The largest absolute Gasteiger partial charge is 0.462 e. The topological polar surface area (TPSA) is 95.9 Å². The third-order valence-corrected chi connectivity index (χ3v) is 13.2.